The first kappa shape index (κ1) is 50.0. The number of phenolic OH excluding ortho intramolecular Hbond substituents is 1. The molecule has 7 rings (SSSR count). The van der Waals surface area contributed by atoms with Gasteiger partial charge in [0.05, 0.1) is 35.5 Å². The van der Waals surface area contributed by atoms with Gasteiger partial charge in [-0.25, -0.2) is 19.2 Å². The summed E-state index contributed by atoms with van der Waals surface area (Å²) in [5, 5.41) is 29.5. The van der Waals surface area contributed by atoms with Crippen LogP contribution in [0.4, 0.5) is 0 Å². The third kappa shape index (κ3) is 10.8. The molecule has 0 unspecified atom stereocenters. The number of cyclic esters (lactones) is 1. The fraction of sp³-hybridized carbons (Fsp3) is 0.340. The lowest BCUT2D eigenvalue weighted by Crippen LogP contribution is -2.36. The molecule has 3 aromatic carbocycles. The molecule has 6 aromatic rings. The van der Waals surface area contributed by atoms with Crippen molar-refractivity contribution in [2.45, 2.75) is 58.5 Å². The van der Waals surface area contributed by atoms with E-state index < -0.39 is 70.0 Å². The summed E-state index contributed by atoms with van der Waals surface area (Å²) < 4.78 is 51.4. The Morgan fingerprint density at radius 1 is 0.567 bits per heavy atom. The van der Waals surface area contributed by atoms with Crippen LogP contribution in [0.2, 0.25) is 0 Å². The molecule has 3 aromatic heterocycles. The molecule has 0 aliphatic carbocycles. The summed E-state index contributed by atoms with van der Waals surface area (Å²) in [6.07, 6.45) is -1.00. The fourth-order valence-corrected chi connectivity index (χ4v) is 6.70. The van der Waals surface area contributed by atoms with Crippen molar-refractivity contribution >= 4 is 56.2 Å². The number of phenols is 1. The largest absolute Gasteiger partial charge is 0.507 e. The van der Waals surface area contributed by atoms with Crippen LogP contribution in [0, 0.1) is 5.41 Å². The van der Waals surface area contributed by atoms with Crippen LogP contribution in [-0.2, 0) is 28.7 Å². The maximum absolute atomic E-state index is 12.6. The van der Waals surface area contributed by atoms with E-state index in [1.165, 1.54) is 80.6 Å². The maximum Gasteiger partial charge on any atom is 0.348 e. The second-order valence-electron chi connectivity index (χ2n) is 15.8. The van der Waals surface area contributed by atoms with Crippen LogP contribution < -0.4 is 40.6 Å². The Hall–Kier alpha value is -8.03. The molecular formula is C47H48O20. The van der Waals surface area contributed by atoms with E-state index in [4.69, 9.17) is 56.6 Å². The average Bonchev–Trinajstić information content (AvgIpc) is 3.56. The zero-order valence-corrected chi connectivity index (χ0v) is 38.0. The van der Waals surface area contributed by atoms with Crippen molar-refractivity contribution in [3.05, 3.63) is 103 Å². The van der Waals surface area contributed by atoms with Crippen molar-refractivity contribution in [3.8, 4) is 34.5 Å². The Balaban J connectivity index is 0.000000193. The highest BCUT2D eigenvalue weighted by atomic mass is 16.6. The van der Waals surface area contributed by atoms with Crippen LogP contribution in [0.5, 0.6) is 34.5 Å². The number of hydrogen-bond donors (Lipinski definition) is 3. The van der Waals surface area contributed by atoms with Gasteiger partial charge in [-0.05, 0) is 73.3 Å². The molecule has 20 nitrogen and oxygen atoms in total. The van der Waals surface area contributed by atoms with E-state index >= 15 is 0 Å². The second kappa shape index (κ2) is 20.4. The standard InChI is InChI=1S/C20H22O8.C14H14O6.C13H12O6/c1-10(17(21)28-16-19(23)26-9-20(16,2)3)13-7-11-6-12(24-4)8-14(25-5)15(11)18(22)27-13;1-7(13(15)16)10-5-8-4-9(18-2)6-11(19-3)12(8)14(17)20-10;1-6(12(15)16)10-4-7-3-8(18-2)5-9(14)11(7)13(17)19-10/h6-8,10,16H,9H2,1-5H3;4-7H,1-3H3,(H,15,16);3-6,14H,1-2H3,(H,15,16)/t10-,16+;7-;6-/m111/s1. The number of fused-ring (bicyclic) bond motifs is 3. The number of carboxylic acid groups (broad SMARTS) is 2. The number of benzene rings is 3. The highest BCUT2D eigenvalue weighted by molar-refractivity contribution is 5.92. The first-order chi connectivity index (χ1) is 31.6. The summed E-state index contributed by atoms with van der Waals surface area (Å²) in [4.78, 5) is 82.6. The number of carboxylic acids is 2. The smallest absolute Gasteiger partial charge is 0.348 e. The lowest BCUT2D eigenvalue weighted by atomic mass is 9.89. The van der Waals surface area contributed by atoms with Gasteiger partial charge in [0, 0.05) is 23.6 Å². The Bertz CT molecular complexity index is 3050. The molecule has 0 radical (unpaired) electrons. The Morgan fingerprint density at radius 3 is 1.30 bits per heavy atom. The molecule has 1 aliphatic rings. The molecule has 356 valence electrons. The quantitative estimate of drug-likeness (QED) is 0.117. The van der Waals surface area contributed by atoms with Gasteiger partial charge in [0.15, 0.2) is 0 Å². The molecule has 20 heteroatoms. The number of methoxy groups -OCH3 is 5. The van der Waals surface area contributed by atoms with Crippen molar-refractivity contribution < 1.29 is 80.9 Å². The highest BCUT2D eigenvalue weighted by Gasteiger charge is 2.47. The summed E-state index contributed by atoms with van der Waals surface area (Å²) in [5.74, 6) is -4.25. The average molecular weight is 933 g/mol. The van der Waals surface area contributed by atoms with E-state index in [-0.39, 0.29) is 45.8 Å². The van der Waals surface area contributed by atoms with Crippen molar-refractivity contribution in [2.75, 3.05) is 42.2 Å². The molecule has 0 spiro atoms. The zero-order chi connectivity index (χ0) is 49.7. The van der Waals surface area contributed by atoms with Crippen molar-refractivity contribution in [2.24, 2.45) is 5.41 Å². The zero-order valence-electron chi connectivity index (χ0n) is 38.0. The second-order valence-corrected chi connectivity index (χ2v) is 15.8. The monoisotopic (exact) mass is 932 g/mol. The van der Waals surface area contributed by atoms with Gasteiger partial charge in [0.25, 0.3) is 0 Å². The lowest BCUT2D eigenvalue weighted by Gasteiger charge is -2.23. The topological polar surface area (TPSA) is 284 Å². The molecule has 1 saturated heterocycles. The summed E-state index contributed by atoms with van der Waals surface area (Å²) in [7, 11) is 7.28. The van der Waals surface area contributed by atoms with Crippen LogP contribution in [0.15, 0.2) is 82.2 Å². The van der Waals surface area contributed by atoms with Gasteiger partial charge in [-0.1, -0.05) is 13.8 Å². The predicted molar refractivity (Wildman–Crippen MR) is 237 cm³/mol. The normalized spacial score (nSPS) is 15.1. The van der Waals surface area contributed by atoms with E-state index in [2.05, 4.69) is 0 Å². The minimum absolute atomic E-state index is 0.00198. The van der Waals surface area contributed by atoms with Crippen LogP contribution in [-0.4, -0.2) is 87.5 Å². The molecule has 0 saturated carbocycles. The molecule has 4 atom stereocenters. The van der Waals surface area contributed by atoms with Crippen LogP contribution in [0.3, 0.4) is 0 Å². The summed E-state index contributed by atoms with van der Waals surface area (Å²) in [6, 6.07) is 13.7. The first-order valence-corrected chi connectivity index (χ1v) is 20.2. The Morgan fingerprint density at radius 2 is 0.940 bits per heavy atom. The fourth-order valence-electron chi connectivity index (χ4n) is 6.70. The molecule has 3 N–H and O–H groups in total. The van der Waals surface area contributed by atoms with E-state index in [0.29, 0.717) is 44.9 Å². The highest BCUT2D eigenvalue weighted by Crippen LogP contribution is 2.35. The van der Waals surface area contributed by atoms with Crippen molar-refractivity contribution in [1.82, 2.24) is 0 Å². The molecule has 0 amide bonds. The third-order valence-corrected chi connectivity index (χ3v) is 10.7. The number of carbonyl (C=O) groups excluding carboxylic acids is 2. The Kier molecular flexibility index (Phi) is 15.2. The number of hydrogen-bond acceptors (Lipinski definition) is 18. The number of aliphatic carboxylic acids is 2. The molecule has 1 aliphatic heterocycles. The van der Waals surface area contributed by atoms with Crippen LogP contribution in [0.1, 0.15) is 69.7 Å². The van der Waals surface area contributed by atoms with Crippen LogP contribution >= 0.6 is 0 Å². The van der Waals surface area contributed by atoms with Gasteiger partial charge < -0.3 is 61.7 Å². The minimum atomic E-state index is -1.10. The summed E-state index contributed by atoms with van der Waals surface area (Å²) >= 11 is 0. The molecule has 1 fully saturated rings. The van der Waals surface area contributed by atoms with Crippen molar-refractivity contribution in [1.29, 1.82) is 0 Å². The van der Waals surface area contributed by atoms with E-state index in [0.717, 1.165) is 0 Å². The minimum Gasteiger partial charge on any atom is -0.507 e. The van der Waals surface area contributed by atoms with E-state index in [1.54, 1.807) is 44.2 Å². The maximum atomic E-state index is 12.6. The number of carbonyl (C=O) groups is 4. The molecule has 4 heterocycles. The number of esters is 2. The van der Waals surface area contributed by atoms with Gasteiger partial charge in [-0.15, -0.1) is 0 Å². The predicted octanol–water partition coefficient (Wildman–Crippen LogP) is 6.10. The lowest BCUT2D eigenvalue weighted by molar-refractivity contribution is -0.164. The van der Waals surface area contributed by atoms with Crippen molar-refractivity contribution in [3.63, 3.8) is 0 Å². The molecular weight excluding hydrogens is 884 g/mol. The van der Waals surface area contributed by atoms with Gasteiger partial charge in [0.2, 0.25) is 6.10 Å². The number of ether oxygens (including phenoxy) is 7. The van der Waals surface area contributed by atoms with E-state index in [1.807, 2.05) is 0 Å². The first-order valence-electron chi connectivity index (χ1n) is 20.2. The summed E-state index contributed by atoms with van der Waals surface area (Å²) in [5.41, 5.74) is -2.68. The number of aromatic hydroxyl groups is 1. The SMILES string of the molecule is COc1cc(O)c2c(=O)oc([C@@H](C)C(=O)O)cc2c1.COc1cc(OC)c2c(=O)oc([C@@H](C)C(=O)O)cc2c1.COc1cc(OC)c2c(=O)oc([C@@H](C)C(=O)O[C@H]3C(=O)OCC3(C)C)cc2c1. The third-order valence-electron chi connectivity index (χ3n) is 10.7. The number of rotatable bonds is 12. The molecule has 0 bridgehead atoms. The van der Waals surface area contributed by atoms with Gasteiger partial charge in [0.1, 0.15) is 92.3 Å². The summed E-state index contributed by atoms with van der Waals surface area (Å²) in [6.45, 7) is 8.11. The van der Waals surface area contributed by atoms with E-state index in [9.17, 15) is 38.7 Å². The van der Waals surface area contributed by atoms with Crippen LogP contribution in [0.25, 0.3) is 32.3 Å². The van der Waals surface area contributed by atoms with Gasteiger partial charge >= 0.3 is 40.8 Å². The Labute approximate surface area is 380 Å². The van der Waals surface area contributed by atoms with Gasteiger partial charge in [-0.3, -0.25) is 14.4 Å². The molecule has 67 heavy (non-hydrogen) atoms. The van der Waals surface area contributed by atoms with Gasteiger partial charge in [-0.2, -0.15) is 0 Å².